The molecule has 3 heterocycles. The van der Waals surface area contributed by atoms with Crippen LogP contribution in [0.2, 0.25) is 5.02 Å². The summed E-state index contributed by atoms with van der Waals surface area (Å²) in [5, 5.41) is 3.72. The van der Waals surface area contributed by atoms with Gasteiger partial charge in [-0.15, -0.1) is 0 Å². The Labute approximate surface area is 269 Å². The average molecular weight is 753 g/mol. The summed E-state index contributed by atoms with van der Waals surface area (Å²) in [5.74, 6) is -0.283. The summed E-state index contributed by atoms with van der Waals surface area (Å²) in [6, 6.07) is 11.3. The van der Waals surface area contributed by atoms with Gasteiger partial charge in [0.1, 0.15) is 0 Å². The number of primary amides is 1. The number of amides is 2. The molecule has 1 saturated carbocycles. The number of hydrogen-bond acceptors (Lipinski definition) is 6. The van der Waals surface area contributed by atoms with E-state index >= 15 is 0 Å². The van der Waals surface area contributed by atoms with Crippen LogP contribution in [-0.4, -0.2) is 44.0 Å². The topological polar surface area (TPSA) is 116 Å². The van der Waals surface area contributed by atoms with Crippen molar-refractivity contribution in [2.75, 3.05) is 18.3 Å². The number of aromatic nitrogens is 2. The van der Waals surface area contributed by atoms with Crippen molar-refractivity contribution < 1.29 is 32.2 Å². The fraction of sp³-hybridized carbons (Fsp3) is 0.312. The van der Waals surface area contributed by atoms with Crippen molar-refractivity contribution in [1.29, 1.82) is 0 Å². The predicted octanol–water partition coefficient (Wildman–Crippen LogP) is 6.65. The van der Waals surface area contributed by atoms with Crippen LogP contribution in [0.1, 0.15) is 46.8 Å². The molecule has 0 bridgehead atoms. The second-order valence-electron chi connectivity index (χ2n) is 11.3. The first kappa shape index (κ1) is 31.3. The summed E-state index contributed by atoms with van der Waals surface area (Å²) < 4.78 is 53.0. The molecule has 1 aliphatic heterocycles. The predicted molar refractivity (Wildman–Crippen MR) is 173 cm³/mol. The van der Waals surface area contributed by atoms with E-state index in [9.17, 15) is 22.8 Å². The van der Waals surface area contributed by atoms with E-state index in [4.69, 9.17) is 31.8 Å². The molecule has 0 spiro atoms. The first-order valence-corrected chi connectivity index (χ1v) is 18.2. The Morgan fingerprint density at radius 3 is 2.60 bits per heavy atom. The minimum atomic E-state index is -4.59. The third-order valence-corrected chi connectivity index (χ3v) is 15.0. The molecule has 2 aromatic heterocycles. The monoisotopic (exact) mass is 752 g/mol. The van der Waals surface area contributed by atoms with Crippen LogP contribution < -0.4 is 20.5 Å². The van der Waals surface area contributed by atoms with Gasteiger partial charge >= 0.3 is 270 Å². The van der Waals surface area contributed by atoms with Crippen molar-refractivity contribution in [2.24, 2.45) is 5.73 Å². The molecule has 2 aliphatic rings. The first-order chi connectivity index (χ1) is 21.3. The fourth-order valence-electron chi connectivity index (χ4n) is 5.17. The maximum atomic E-state index is 13.5. The normalized spacial score (nSPS) is 17.9. The molecule has 236 valence electrons. The fourth-order valence-corrected chi connectivity index (χ4v) is 11.2. The summed E-state index contributed by atoms with van der Waals surface area (Å²) in [6.07, 6.45) is -1.86. The molecule has 2 amide bonds. The molecule has 1 aliphatic carbocycles. The van der Waals surface area contributed by atoms with Gasteiger partial charge in [-0.05, 0) is 0 Å². The molecule has 45 heavy (non-hydrogen) atoms. The van der Waals surface area contributed by atoms with Gasteiger partial charge in [-0.2, -0.15) is 0 Å². The second kappa shape index (κ2) is 11.6. The number of ether oxygens (including phenoxy) is 2. The molecular weight excluding hydrogens is 724 g/mol. The molecular formula is C32H29ClF3IN4O4. The van der Waals surface area contributed by atoms with Crippen LogP contribution >= 0.6 is 31.4 Å². The number of carbonyl (C=O) groups excluding carboxylic acids is 2. The third kappa shape index (κ3) is 5.89. The Balaban J connectivity index is 1.36. The Bertz CT molecular complexity index is 1870. The number of benzene rings is 2. The van der Waals surface area contributed by atoms with Gasteiger partial charge in [0.25, 0.3) is 0 Å². The molecule has 1 fully saturated rings. The minimum absolute atomic E-state index is 0.0818. The number of nitrogens with zero attached hydrogens (tertiary/aromatic N) is 2. The van der Waals surface area contributed by atoms with Crippen LogP contribution in [0, 0.1) is 10.6 Å². The van der Waals surface area contributed by atoms with Crippen LogP contribution in [0.15, 0.2) is 48.7 Å². The Morgan fingerprint density at radius 1 is 1.20 bits per heavy atom. The molecule has 2 aromatic carbocycles. The van der Waals surface area contributed by atoms with Crippen molar-refractivity contribution in [3.63, 3.8) is 0 Å². The van der Waals surface area contributed by atoms with Gasteiger partial charge in [-0.25, -0.2) is 0 Å². The van der Waals surface area contributed by atoms with Gasteiger partial charge in [0, 0.05) is 0 Å². The molecule has 0 unspecified atom stereocenters. The van der Waals surface area contributed by atoms with Crippen LogP contribution in [0.4, 0.5) is 13.2 Å². The number of nitrogens with two attached hydrogens (primary N) is 1. The van der Waals surface area contributed by atoms with Crippen molar-refractivity contribution in [2.45, 2.75) is 42.2 Å². The summed E-state index contributed by atoms with van der Waals surface area (Å²) in [6.45, 7) is 3.73. The van der Waals surface area contributed by atoms with Gasteiger partial charge in [-0.1, -0.05) is 0 Å². The van der Waals surface area contributed by atoms with Gasteiger partial charge in [-0.3, -0.25) is 0 Å². The quantitative estimate of drug-likeness (QED) is 0.0902. The van der Waals surface area contributed by atoms with Gasteiger partial charge in [0.15, 0.2) is 0 Å². The number of aryl methyl sites for hydroxylation is 1. The van der Waals surface area contributed by atoms with E-state index in [1.807, 2.05) is 31.2 Å². The van der Waals surface area contributed by atoms with Crippen molar-refractivity contribution >= 4 is 54.1 Å². The standard InChI is InChI=1S/C32H29ClF3IN4O4/c1-16-4-5-17(10-23(16)33)27-28-22(31(2,14-45-28)30(38)43)12-25(41-27)37(21-6-7-21)15-40-29(42)19-8-18-9-20(32(34,35)36)13-39-26(18)24(11-19)44-3/h4-5,8-13,21H,6-7,14-15H2,1-3H3,(H2,38,43)(H,40,42)/t31-/m0/s1. The summed E-state index contributed by atoms with van der Waals surface area (Å²) >= 11 is 4.23. The van der Waals surface area contributed by atoms with E-state index in [0.717, 1.165) is 39.9 Å². The number of nitrogens with one attached hydrogen (secondary N) is 1. The van der Waals surface area contributed by atoms with Crippen LogP contribution in [0.3, 0.4) is 0 Å². The van der Waals surface area contributed by atoms with Gasteiger partial charge in [0.05, 0.1) is 0 Å². The van der Waals surface area contributed by atoms with E-state index in [1.54, 1.807) is 6.92 Å². The zero-order valence-corrected chi connectivity index (χ0v) is 27.4. The van der Waals surface area contributed by atoms with E-state index in [-0.39, 0.29) is 28.8 Å². The Hall–Kier alpha value is -3.65. The molecule has 1 atom stereocenters. The van der Waals surface area contributed by atoms with E-state index < -0.39 is 48.8 Å². The number of fused-ring (bicyclic) bond motifs is 2. The van der Waals surface area contributed by atoms with Crippen molar-refractivity contribution in [1.82, 2.24) is 15.3 Å². The van der Waals surface area contributed by atoms with Gasteiger partial charge in [0.2, 0.25) is 0 Å². The Morgan fingerprint density at radius 2 is 1.96 bits per heavy atom. The molecule has 4 aromatic rings. The molecule has 0 saturated heterocycles. The second-order valence-corrected chi connectivity index (χ2v) is 17.6. The first-order valence-electron chi connectivity index (χ1n) is 14.0. The number of rotatable bonds is 8. The Kier molecular flexibility index (Phi) is 8.09. The van der Waals surface area contributed by atoms with Crippen LogP contribution in [-0.2, 0) is 16.4 Å². The number of methoxy groups -OCH3 is 1. The summed E-state index contributed by atoms with van der Waals surface area (Å²) in [5.41, 5.74) is 7.12. The number of pyridine rings is 2. The van der Waals surface area contributed by atoms with Crippen LogP contribution in [0.25, 0.3) is 22.2 Å². The third-order valence-electron chi connectivity index (χ3n) is 8.09. The number of hydrogen-bond donors (Lipinski definition) is 2. The van der Waals surface area contributed by atoms with Gasteiger partial charge < -0.3 is 0 Å². The number of alkyl halides is 5. The van der Waals surface area contributed by atoms with Crippen molar-refractivity contribution in [3.05, 3.63) is 79.6 Å². The van der Waals surface area contributed by atoms with E-state index in [0.29, 0.717) is 30.5 Å². The zero-order chi connectivity index (χ0) is 32.3. The molecule has 3 N–H and O–H groups in total. The molecule has 8 nitrogen and oxygen atoms in total. The van der Waals surface area contributed by atoms with E-state index in [1.165, 1.54) is 19.2 Å². The SMILES string of the molecule is COc1cc(C(=O)NCI(c2cc3c(c(-c4ccc(C)c(Cl)c4)n2)OC[C@]3(C)C(N)=O)C2CC2)cc2cc(C(F)(F)F)cnc12. The summed E-state index contributed by atoms with van der Waals surface area (Å²) in [7, 11) is 1.37. The van der Waals surface area contributed by atoms with Crippen molar-refractivity contribution in [3.8, 4) is 22.8 Å². The zero-order valence-electron chi connectivity index (χ0n) is 24.5. The molecule has 13 heteroatoms. The number of halogens is 5. The van der Waals surface area contributed by atoms with Crippen LogP contribution in [0.5, 0.6) is 11.5 Å². The molecule has 6 rings (SSSR count). The number of carbonyl (C=O) groups is 2. The molecule has 0 radical (unpaired) electrons. The summed E-state index contributed by atoms with van der Waals surface area (Å²) in [4.78, 5) is 35.1. The van der Waals surface area contributed by atoms with E-state index in [2.05, 4.69) is 10.3 Å². The average Bonchev–Trinajstić information content (AvgIpc) is 3.79. The maximum absolute atomic E-state index is 13.5.